The molecule has 1 aromatic rings. The Labute approximate surface area is 144 Å². The van der Waals surface area contributed by atoms with Gasteiger partial charge in [0.05, 0.1) is 0 Å². The maximum atomic E-state index is 12.8. The van der Waals surface area contributed by atoms with Gasteiger partial charge in [0.1, 0.15) is 5.82 Å². The van der Waals surface area contributed by atoms with Crippen molar-refractivity contribution in [2.75, 3.05) is 19.7 Å². The van der Waals surface area contributed by atoms with Crippen LogP contribution in [-0.4, -0.2) is 24.8 Å². The predicted octanol–water partition coefficient (Wildman–Crippen LogP) is -0.701. The van der Waals surface area contributed by atoms with Gasteiger partial charge in [-0.3, -0.25) is 0 Å². The summed E-state index contributed by atoms with van der Waals surface area (Å²) in [4.78, 5) is 0. The molecule has 0 unspecified atom stereocenters. The minimum absolute atomic E-state index is 0. The molecule has 0 radical (unpaired) electrons. The van der Waals surface area contributed by atoms with Gasteiger partial charge < -0.3 is 10.4 Å². The molecule has 0 bridgehead atoms. The van der Waals surface area contributed by atoms with Crippen molar-refractivity contribution in [1.29, 1.82) is 0 Å². The SMILES string of the molecule is OC[C@H]1C[N-]CC[C@@H]1c1ccc(F)cc1.[Rb+]. The van der Waals surface area contributed by atoms with E-state index in [1.165, 1.54) is 12.1 Å². The zero-order valence-corrected chi connectivity index (χ0v) is 14.5. The Kier molecular flexibility index (Phi) is 6.85. The van der Waals surface area contributed by atoms with E-state index in [1.54, 1.807) is 0 Å². The Morgan fingerprint density at radius 1 is 1.31 bits per heavy atom. The van der Waals surface area contributed by atoms with Gasteiger partial charge in [0, 0.05) is 6.61 Å². The van der Waals surface area contributed by atoms with Crippen molar-refractivity contribution in [1.82, 2.24) is 0 Å². The minimum Gasteiger partial charge on any atom is -0.662 e. The third-order valence-corrected chi connectivity index (χ3v) is 3.06. The Bertz CT molecular complexity index is 317. The quantitative estimate of drug-likeness (QED) is 0.769. The summed E-state index contributed by atoms with van der Waals surface area (Å²) in [5, 5.41) is 13.5. The molecule has 0 aromatic heterocycles. The molecule has 1 aromatic carbocycles. The summed E-state index contributed by atoms with van der Waals surface area (Å²) in [5.74, 6) is 0.317. The summed E-state index contributed by atoms with van der Waals surface area (Å²) in [6, 6.07) is 6.59. The van der Waals surface area contributed by atoms with E-state index in [1.807, 2.05) is 12.1 Å². The van der Waals surface area contributed by atoms with Crippen molar-refractivity contribution >= 4 is 0 Å². The van der Waals surface area contributed by atoms with Crippen LogP contribution in [0.5, 0.6) is 0 Å². The monoisotopic (exact) mass is 293 g/mol. The first-order valence-corrected chi connectivity index (χ1v) is 5.31. The average Bonchev–Trinajstić information content (AvgIpc) is 2.30. The Morgan fingerprint density at radius 2 is 2.00 bits per heavy atom. The second kappa shape index (κ2) is 7.34. The van der Waals surface area contributed by atoms with Gasteiger partial charge in [-0.1, -0.05) is 18.6 Å². The molecule has 4 heteroatoms. The molecule has 2 rings (SSSR count). The van der Waals surface area contributed by atoms with E-state index >= 15 is 0 Å². The smallest absolute Gasteiger partial charge is 0.662 e. The van der Waals surface area contributed by atoms with Gasteiger partial charge in [-0.05, 0) is 29.5 Å². The van der Waals surface area contributed by atoms with Crippen LogP contribution < -0.4 is 58.2 Å². The Hall–Kier alpha value is 0.875. The van der Waals surface area contributed by atoms with Crippen LogP contribution in [0.25, 0.3) is 5.32 Å². The second-order valence-corrected chi connectivity index (χ2v) is 4.02. The number of hydrogen-bond donors (Lipinski definition) is 1. The number of benzene rings is 1. The standard InChI is InChI=1S/C12H15FNO.Rb/c13-11-3-1-9(2-4-11)12-5-6-14-7-10(12)8-15;/h1-4,10,12,15H,5-8H2;/q-1;+1/t10-,12-;/m1./s1. The molecule has 1 aliphatic heterocycles. The molecule has 0 amide bonds. The van der Waals surface area contributed by atoms with Crippen LogP contribution in [0.15, 0.2) is 24.3 Å². The molecule has 0 aliphatic carbocycles. The number of aliphatic hydroxyl groups is 1. The zero-order chi connectivity index (χ0) is 10.7. The topological polar surface area (TPSA) is 34.3 Å². The first kappa shape index (κ1) is 14.9. The van der Waals surface area contributed by atoms with Crippen LogP contribution in [0.4, 0.5) is 4.39 Å². The molecule has 0 spiro atoms. The molecule has 1 fully saturated rings. The van der Waals surface area contributed by atoms with Crippen LogP contribution in [0.2, 0.25) is 0 Å². The third kappa shape index (κ3) is 3.69. The number of piperidine rings is 1. The van der Waals surface area contributed by atoms with E-state index in [9.17, 15) is 9.50 Å². The van der Waals surface area contributed by atoms with Crippen LogP contribution >= 0.6 is 0 Å². The molecule has 82 valence electrons. The molecule has 2 atom stereocenters. The zero-order valence-electron chi connectivity index (χ0n) is 9.56. The largest absolute Gasteiger partial charge is 1.00 e. The Morgan fingerprint density at radius 3 is 2.62 bits per heavy atom. The third-order valence-electron chi connectivity index (χ3n) is 3.06. The van der Waals surface area contributed by atoms with Crippen molar-refractivity contribution in [2.24, 2.45) is 5.92 Å². The van der Waals surface area contributed by atoms with Crippen molar-refractivity contribution < 1.29 is 67.7 Å². The maximum absolute atomic E-state index is 12.8. The molecule has 1 saturated heterocycles. The van der Waals surface area contributed by atoms with E-state index in [-0.39, 0.29) is 76.5 Å². The first-order chi connectivity index (χ1) is 7.31. The molecular formula is C12H15FNORb. The maximum Gasteiger partial charge on any atom is 1.00 e. The summed E-state index contributed by atoms with van der Waals surface area (Å²) < 4.78 is 12.8. The van der Waals surface area contributed by atoms with Gasteiger partial charge in [0.25, 0.3) is 0 Å². The van der Waals surface area contributed by atoms with Crippen LogP contribution in [0, 0.1) is 11.7 Å². The van der Waals surface area contributed by atoms with Crippen LogP contribution in [0.1, 0.15) is 17.9 Å². The summed E-state index contributed by atoms with van der Waals surface area (Å²) >= 11 is 0. The molecule has 1 N–H and O–H groups in total. The number of aliphatic hydroxyl groups excluding tert-OH is 1. The van der Waals surface area contributed by atoms with Crippen LogP contribution in [-0.2, 0) is 0 Å². The average molecular weight is 294 g/mol. The first-order valence-electron chi connectivity index (χ1n) is 5.31. The number of halogens is 1. The fraction of sp³-hybridized carbons (Fsp3) is 0.500. The molecule has 1 heterocycles. The molecular weight excluding hydrogens is 279 g/mol. The van der Waals surface area contributed by atoms with Gasteiger partial charge in [-0.2, -0.15) is 0 Å². The fourth-order valence-corrected chi connectivity index (χ4v) is 2.18. The molecule has 16 heavy (non-hydrogen) atoms. The minimum atomic E-state index is -0.209. The van der Waals surface area contributed by atoms with Gasteiger partial charge in [-0.15, -0.1) is 13.1 Å². The number of hydrogen-bond acceptors (Lipinski definition) is 1. The van der Waals surface area contributed by atoms with Gasteiger partial charge in [-0.25, -0.2) is 4.39 Å². The van der Waals surface area contributed by atoms with E-state index in [0.29, 0.717) is 5.92 Å². The fourth-order valence-electron chi connectivity index (χ4n) is 2.18. The normalized spacial score (nSPS) is 24.9. The summed E-state index contributed by atoms with van der Waals surface area (Å²) in [6.45, 7) is 1.72. The van der Waals surface area contributed by atoms with E-state index in [0.717, 1.165) is 25.1 Å². The van der Waals surface area contributed by atoms with Gasteiger partial charge in [0.15, 0.2) is 0 Å². The predicted molar refractivity (Wildman–Crippen MR) is 57.4 cm³/mol. The number of rotatable bonds is 2. The number of nitrogens with zero attached hydrogens (tertiary/aromatic N) is 1. The van der Waals surface area contributed by atoms with Gasteiger partial charge >= 0.3 is 58.2 Å². The van der Waals surface area contributed by atoms with Crippen molar-refractivity contribution in [3.05, 3.63) is 41.0 Å². The second-order valence-electron chi connectivity index (χ2n) is 4.02. The van der Waals surface area contributed by atoms with E-state index in [2.05, 4.69) is 5.32 Å². The van der Waals surface area contributed by atoms with Crippen LogP contribution in [0.3, 0.4) is 0 Å². The summed E-state index contributed by atoms with van der Waals surface area (Å²) in [5.41, 5.74) is 1.12. The van der Waals surface area contributed by atoms with Crippen molar-refractivity contribution in [3.63, 3.8) is 0 Å². The Balaban J connectivity index is 0.00000128. The summed E-state index contributed by atoms with van der Waals surface area (Å²) in [7, 11) is 0. The van der Waals surface area contributed by atoms with Crippen molar-refractivity contribution in [3.8, 4) is 0 Å². The molecule has 2 nitrogen and oxygen atoms in total. The summed E-state index contributed by atoms with van der Waals surface area (Å²) in [6.07, 6.45) is 0.955. The van der Waals surface area contributed by atoms with E-state index < -0.39 is 0 Å². The van der Waals surface area contributed by atoms with Crippen molar-refractivity contribution in [2.45, 2.75) is 12.3 Å². The van der Waals surface area contributed by atoms with Gasteiger partial charge in [0.2, 0.25) is 0 Å². The van der Waals surface area contributed by atoms with E-state index in [4.69, 9.17) is 0 Å². The molecule has 1 aliphatic rings. The molecule has 0 saturated carbocycles.